The number of carbonyl (C=O) groups is 3. The number of alkyl halides is 3. The van der Waals surface area contributed by atoms with Crippen LogP contribution in [0, 0.1) is 11.8 Å². The van der Waals surface area contributed by atoms with E-state index in [0.29, 0.717) is 23.1 Å². The molecular weight excluding hydrogens is 543 g/mol. The maximum absolute atomic E-state index is 14.1. The minimum atomic E-state index is -4.52. The highest BCUT2D eigenvalue weighted by molar-refractivity contribution is 6.24. The SMILES string of the molecule is CCCCOc1ccc(-c2ccc(C(F)(F)F)cc2)c2c1C(=O)C1=C(O)[C@]3(O)C(=O)C(C(N)=O)=C(O)C[C@@H]3C[C@@H]1C2. The van der Waals surface area contributed by atoms with Crippen molar-refractivity contribution in [3.8, 4) is 16.9 Å². The Morgan fingerprint density at radius 2 is 1.78 bits per heavy atom. The van der Waals surface area contributed by atoms with E-state index in [1.165, 1.54) is 18.2 Å². The zero-order chi connectivity index (χ0) is 29.9. The molecule has 1 amide bonds. The van der Waals surface area contributed by atoms with Crippen LogP contribution in [0.4, 0.5) is 13.2 Å². The van der Waals surface area contributed by atoms with Crippen LogP contribution in [-0.4, -0.2) is 45.0 Å². The molecule has 8 nitrogen and oxygen atoms in total. The van der Waals surface area contributed by atoms with Crippen LogP contribution >= 0.6 is 0 Å². The molecule has 0 saturated heterocycles. The van der Waals surface area contributed by atoms with Gasteiger partial charge in [-0.25, -0.2) is 0 Å². The molecule has 3 aliphatic rings. The van der Waals surface area contributed by atoms with Crippen molar-refractivity contribution in [3.05, 3.63) is 75.8 Å². The molecule has 0 aromatic heterocycles. The number of unbranched alkanes of at least 4 members (excludes halogenated alkanes) is 1. The second-order valence-electron chi connectivity index (χ2n) is 10.7. The molecule has 11 heteroatoms. The molecule has 0 fully saturated rings. The summed E-state index contributed by atoms with van der Waals surface area (Å²) >= 11 is 0. The van der Waals surface area contributed by atoms with Gasteiger partial charge in [-0.3, -0.25) is 14.4 Å². The maximum Gasteiger partial charge on any atom is 0.416 e. The third-order valence-corrected chi connectivity index (χ3v) is 8.21. The number of benzene rings is 2. The highest BCUT2D eigenvalue weighted by atomic mass is 19.4. The topological polar surface area (TPSA) is 147 Å². The molecule has 0 spiro atoms. The Labute approximate surface area is 232 Å². The van der Waals surface area contributed by atoms with Crippen LogP contribution in [0.2, 0.25) is 0 Å². The van der Waals surface area contributed by atoms with E-state index in [1.54, 1.807) is 6.07 Å². The Hall–Kier alpha value is -4.12. The summed E-state index contributed by atoms with van der Waals surface area (Å²) < 4.78 is 45.4. The van der Waals surface area contributed by atoms with Crippen molar-refractivity contribution < 1.29 is 47.6 Å². The van der Waals surface area contributed by atoms with Gasteiger partial charge in [-0.1, -0.05) is 31.5 Å². The first-order valence-electron chi connectivity index (χ1n) is 13.2. The second kappa shape index (κ2) is 10.1. The molecule has 2 aromatic rings. The van der Waals surface area contributed by atoms with Gasteiger partial charge < -0.3 is 25.8 Å². The van der Waals surface area contributed by atoms with Gasteiger partial charge in [0.15, 0.2) is 11.4 Å². The fraction of sp³-hybridized carbons (Fsp3) is 0.367. The number of fused-ring (bicyclic) bond motifs is 3. The number of aliphatic hydroxyl groups is 3. The van der Waals surface area contributed by atoms with Gasteiger partial charge in [-0.2, -0.15) is 13.2 Å². The molecule has 3 atom stereocenters. The van der Waals surface area contributed by atoms with Crippen molar-refractivity contribution in [2.45, 2.75) is 50.8 Å². The number of rotatable bonds is 6. The van der Waals surface area contributed by atoms with E-state index >= 15 is 0 Å². The lowest BCUT2D eigenvalue weighted by molar-refractivity contribution is -0.144. The average Bonchev–Trinajstić information content (AvgIpc) is 2.90. The van der Waals surface area contributed by atoms with Crippen LogP contribution in [0.5, 0.6) is 5.75 Å². The number of hydrogen-bond acceptors (Lipinski definition) is 7. The number of Topliss-reactive ketones (excluding diaryl/α,β-unsaturated/α-hetero) is 2. The number of allylic oxidation sites excluding steroid dienone is 2. The molecule has 0 bridgehead atoms. The Balaban J connectivity index is 1.66. The number of amides is 1. The van der Waals surface area contributed by atoms with Gasteiger partial charge in [0, 0.05) is 17.9 Å². The number of primary amides is 1. The number of halogens is 3. The predicted molar refractivity (Wildman–Crippen MR) is 140 cm³/mol. The normalized spacial score (nSPS) is 24.1. The number of ketones is 2. The smallest absolute Gasteiger partial charge is 0.416 e. The van der Waals surface area contributed by atoms with Gasteiger partial charge in [-0.15, -0.1) is 0 Å². The Kier molecular flexibility index (Phi) is 6.97. The first kappa shape index (κ1) is 28.4. The lowest BCUT2D eigenvalue weighted by Gasteiger charge is -2.45. The highest BCUT2D eigenvalue weighted by Gasteiger charge is 2.59. The van der Waals surface area contributed by atoms with Crippen molar-refractivity contribution in [3.63, 3.8) is 0 Å². The van der Waals surface area contributed by atoms with Crippen molar-refractivity contribution in [1.82, 2.24) is 0 Å². The molecular formula is C30H28F3NO7. The third kappa shape index (κ3) is 4.48. The lowest BCUT2D eigenvalue weighted by atomic mass is 9.60. The average molecular weight is 572 g/mol. The Bertz CT molecular complexity index is 1520. The van der Waals surface area contributed by atoms with E-state index in [9.17, 15) is 42.9 Å². The van der Waals surface area contributed by atoms with Crippen LogP contribution in [0.15, 0.2) is 59.1 Å². The van der Waals surface area contributed by atoms with Gasteiger partial charge in [0.05, 0.1) is 17.7 Å². The summed E-state index contributed by atoms with van der Waals surface area (Å²) in [7, 11) is 0. The van der Waals surface area contributed by atoms with E-state index in [-0.39, 0.29) is 42.8 Å². The van der Waals surface area contributed by atoms with Crippen molar-refractivity contribution >= 4 is 17.5 Å². The van der Waals surface area contributed by atoms with Crippen LogP contribution < -0.4 is 10.5 Å². The number of aliphatic hydroxyl groups excluding tert-OH is 2. The van der Waals surface area contributed by atoms with Gasteiger partial charge >= 0.3 is 6.18 Å². The third-order valence-electron chi connectivity index (χ3n) is 8.21. The molecule has 0 heterocycles. The van der Waals surface area contributed by atoms with Crippen molar-refractivity contribution in [1.29, 1.82) is 0 Å². The molecule has 3 aliphatic carbocycles. The number of hydrogen-bond donors (Lipinski definition) is 4. The second-order valence-corrected chi connectivity index (χ2v) is 10.7. The van der Waals surface area contributed by atoms with Crippen LogP contribution in [0.25, 0.3) is 11.1 Å². The minimum absolute atomic E-state index is 0.00368. The number of carbonyl (C=O) groups excluding carboxylic acids is 3. The first-order chi connectivity index (χ1) is 19.3. The summed E-state index contributed by atoms with van der Waals surface area (Å²) in [6.45, 7) is 2.24. The largest absolute Gasteiger partial charge is 0.511 e. The summed E-state index contributed by atoms with van der Waals surface area (Å²) in [5.41, 5.74) is 2.27. The maximum atomic E-state index is 14.1. The van der Waals surface area contributed by atoms with E-state index in [1.807, 2.05) is 6.92 Å². The quantitative estimate of drug-likeness (QED) is 0.289. The van der Waals surface area contributed by atoms with E-state index in [4.69, 9.17) is 10.5 Å². The van der Waals surface area contributed by atoms with Crippen LogP contribution in [0.3, 0.4) is 0 Å². The van der Waals surface area contributed by atoms with Crippen molar-refractivity contribution in [2.75, 3.05) is 6.61 Å². The molecule has 0 radical (unpaired) electrons. The standard InChI is InChI=1S/C30H28F3NO7/c1-2-3-10-41-21-9-8-18(14-4-6-16(7-5-14)30(31,32)33)19-12-15-11-17-13-20(35)24(28(34)39)27(38)29(17,40)26(37)22(15)25(36)23(19)21/h4-9,15,17,35,37,40H,2-3,10-13H2,1H3,(H2,34,39)/t15-,17+,29+/m1/s1. The monoisotopic (exact) mass is 571 g/mol. The fourth-order valence-corrected chi connectivity index (χ4v) is 6.16. The zero-order valence-electron chi connectivity index (χ0n) is 22.0. The molecule has 0 saturated carbocycles. The zero-order valence-corrected chi connectivity index (χ0v) is 22.0. The Morgan fingerprint density at radius 1 is 1.10 bits per heavy atom. The van der Waals surface area contributed by atoms with Gasteiger partial charge in [0.1, 0.15) is 22.8 Å². The van der Waals surface area contributed by atoms with Gasteiger partial charge in [0.25, 0.3) is 5.91 Å². The summed E-state index contributed by atoms with van der Waals surface area (Å²) in [5.74, 6) is -6.31. The molecule has 216 valence electrons. The van der Waals surface area contributed by atoms with Crippen LogP contribution in [-0.2, 0) is 22.2 Å². The molecule has 5 rings (SSSR count). The van der Waals surface area contributed by atoms with E-state index < -0.39 is 63.7 Å². The molecule has 5 N–H and O–H groups in total. The van der Waals surface area contributed by atoms with Gasteiger partial charge in [0.2, 0.25) is 5.78 Å². The minimum Gasteiger partial charge on any atom is -0.511 e. The van der Waals surface area contributed by atoms with E-state index in [2.05, 4.69) is 0 Å². The molecule has 41 heavy (non-hydrogen) atoms. The van der Waals surface area contributed by atoms with E-state index in [0.717, 1.165) is 18.6 Å². The van der Waals surface area contributed by atoms with Gasteiger partial charge in [-0.05, 0) is 60.1 Å². The summed E-state index contributed by atoms with van der Waals surface area (Å²) in [4.78, 5) is 39.1. The number of ether oxygens (including phenoxy) is 1. The first-order valence-corrected chi connectivity index (χ1v) is 13.2. The predicted octanol–water partition coefficient (Wildman–Crippen LogP) is 4.74. The number of nitrogens with two attached hydrogens (primary N) is 1. The van der Waals surface area contributed by atoms with Crippen molar-refractivity contribution in [2.24, 2.45) is 17.6 Å². The molecule has 0 unspecified atom stereocenters. The molecule has 0 aliphatic heterocycles. The summed E-state index contributed by atoms with van der Waals surface area (Å²) in [6.07, 6.45) is -3.23. The fourth-order valence-electron chi connectivity index (χ4n) is 6.16. The Morgan fingerprint density at radius 3 is 2.39 bits per heavy atom. The summed E-state index contributed by atoms with van der Waals surface area (Å²) in [5, 5.41) is 33.1. The molecule has 2 aromatic carbocycles. The lowest BCUT2D eigenvalue weighted by Crippen LogP contribution is -2.57. The summed E-state index contributed by atoms with van der Waals surface area (Å²) in [6, 6.07) is 7.74. The highest BCUT2D eigenvalue weighted by Crippen LogP contribution is 2.52. The van der Waals surface area contributed by atoms with Crippen LogP contribution in [0.1, 0.15) is 54.1 Å².